The number of amides is 2. The number of hydrazine groups is 1. The van der Waals surface area contributed by atoms with Crippen LogP contribution in [0.5, 0.6) is 0 Å². The molecule has 0 fully saturated rings. The van der Waals surface area contributed by atoms with E-state index in [1.165, 1.54) is 0 Å². The van der Waals surface area contributed by atoms with Crippen LogP contribution in [0.3, 0.4) is 0 Å². The molecule has 0 heterocycles. The number of unbranched alkanes of at least 4 members (excludes halogenated alkanes) is 1. The van der Waals surface area contributed by atoms with Crippen LogP contribution in [0.15, 0.2) is 48.5 Å². The Hall–Kier alpha value is -3.55. The van der Waals surface area contributed by atoms with Crippen molar-refractivity contribution in [2.45, 2.75) is 65.3 Å². The van der Waals surface area contributed by atoms with E-state index in [2.05, 4.69) is 43.9 Å². The van der Waals surface area contributed by atoms with E-state index in [4.69, 9.17) is 9.47 Å². The molecule has 0 saturated carbocycles. The number of carbonyl (C=O) groups excluding carboxylic acids is 3. The van der Waals surface area contributed by atoms with Crippen LogP contribution < -0.4 is 16.2 Å². The first-order valence-corrected chi connectivity index (χ1v) is 12.0. The average molecular weight is 484 g/mol. The third kappa shape index (κ3) is 9.31. The molecule has 2 rings (SSSR count). The zero-order chi connectivity index (χ0) is 25.8. The van der Waals surface area contributed by atoms with Crippen LogP contribution in [0, 0.1) is 0 Å². The minimum Gasteiger partial charge on any atom is -0.462 e. The molecule has 0 radical (unpaired) electrons. The van der Waals surface area contributed by atoms with E-state index >= 15 is 0 Å². The van der Waals surface area contributed by atoms with Crippen molar-refractivity contribution in [3.63, 3.8) is 0 Å². The van der Waals surface area contributed by atoms with Gasteiger partial charge in [-0.15, -0.1) is 0 Å². The van der Waals surface area contributed by atoms with Crippen molar-refractivity contribution in [2.24, 2.45) is 0 Å². The zero-order valence-electron chi connectivity index (χ0n) is 21.3. The lowest BCUT2D eigenvalue weighted by Crippen LogP contribution is -2.43. The first-order chi connectivity index (χ1) is 16.6. The van der Waals surface area contributed by atoms with Crippen LogP contribution >= 0.6 is 0 Å². The summed E-state index contributed by atoms with van der Waals surface area (Å²) in [6.07, 6.45) is 1.99. The van der Waals surface area contributed by atoms with Gasteiger partial charge in [0.25, 0.3) is 5.91 Å². The van der Waals surface area contributed by atoms with Crippen molar-refractivity contribution in [1.82, 2.24) is 10.9 Å². The zero-order valence-corrected chi connectivity index (χ0v) is 21.3. The smallest absolute Gasteiger partial charge is 0.426 e. The number of esters is 1. The number of hydrogen-bond acceptors (Lipinski definition) is 6. The van der Waals surface area contributed by atoms with Crippen molar-refractivity contribution in [3.8, 4) is 0 Å². The monoisotopic (exact) mass is 483 g/mol. The molecule has 3 N–H and O–H groups in total. The highest BCUT2D eigenvalue weighted by atomic mass is 16.6. The third-order valence-electron chi connectivity index (χ3n) is 5.38. The van der Waals surface area contributed by atoms with Crippen LogP contribution in [-0.4, -0.2) is 37.2 Å². The van der Waals surface area contributed by atoms with Crippen molar-refractivity contribution in [3.05, 3.63) is 65.2 Å². The molecule has 0 spiro atoms. The maximum absolute atomic E-state index is 12.3. The van der Waals surface area contributed by atoms with Crippen LogP contribution in [-0.2, 0) is 14.9 Å². The van der Waals surface area contributed by atoms with Gasteiger partial charge in [0.1, 0.15) is 6.61 Å². The number of nitrogens with one attached hydrogen (secondary N) is 3. The molecule has 2 aromatic carbocycles. The van der Waals surface area contributed by atoms with Crippen LogP contribution in [0.25, 0.3) is 0 Å². The molecule has 0 bridgehead atoms. The van der Waals surface area contributed by atoms with E-state index in [1.807, 2.05) is 12.1 Å². The molecule has 1 atom stereocenters. The lowest BCUT2D eigenvalue weighted by Gasteiger charge is -2.20. The number of rotatable bonds is 10. The first kappa shape index (κ1) is 27.7. The molecule has 2 amide bonds. The number of ether oxygens (including phenoxy) is 2. The van der Waals surface area contributed by atoms with Gasteiger partial charge in [-0.05, 0) is 60.7 Å². The van der Waals surface area contributed by atoms with Crippen molar-refractivity contribution >= 4 is 23.7 Å². The molecular weight excluding hydrogens is 446 g/mol. The Morgan fingerprint density at radius 1 is 0.857 bits per heavy atom. The van der Waals surface area contributed by atoms with Crippen LogP contribution in [0.1, 0.15) is 80.2 Å². The second-order valence-corrected chi connectivity index (χ2v) is 9.29. The lowest BCUT2D eigenvalue weighted by molar-refractivity contribution is 0.0526. The van der Waals surface area contributed by atoms with E-state index in [-0.39, 0.29) is 24.0 Å². The fourth-order valence-corrected chi connectivity index (χ4v) is 3.31. The summed E-state index contributed by atoms with van der Waals surface area (Å²) in [7, 11) is 0. The van der Waals surface area contributed by atoms with Crippen molar-refractivity contribution < 1.29 is 23.9 Å². The molecule has 190 valence electrons. The van der Waals surface area contributed by atoms with Gasteiger partial charge in [0.05, 0.1) is 18.2 Å². The molecule has 0 aliphatic heterocycles. The molecule has 8 heteroatoms. The molecule has 0 aliphatic carbocycles. The second-order valence-electron chi connectivity index (χ2n) is 9.29. The molecular formula is C27H37N3O5. The second kappa shape index (κ2) is 13.4. The van der Waals surface area contributed by atoms with Gasteiger partial charge in [-0.1, -0.05) is 52.7 Å². The minimum absolute atomic E-state index is 0.0116. The van der Waals surface area contributed by atoms with E-state index < -0.39 is 12.0 Å². The third-order valence-corrected chi connectivity index (χ3v) is 5.38. The van der Waals surface area contributed by atoms with Gasteiger partial charge in [0.15, 0.2) is 0 Å². The van der Waals surface area contributed by atoms with Gasteiger partial charge in [0.2, 0.25) is 0 Å². The van der Waals surface area contributed by atoms with Crippen LogP contribution in [0.2, 0.25) is 0 Å². The minimum atomic E-state index is -0.745. The predicted octanol–water partition coefficient (Wildman–Crippen LogP) is 5.20. The Bertz CT molecular complexity index is 966. The number of anilines is 1. The number of carbonyl (C=O) groups is 3. The molecule has 2 aromatic rings. The maximum Gasteiger partial charge on any atom is 0.426 e. The fraction of sp³-hybridized carbons (Fsp3) is 0.444. The quantitative estimate of drug-likeness (QED) is 0.317. The SMILES string of the molecule is CCCC[C@@H](COC(=O)NNC(=O)c1ccc(C(C)(C)C)cc1)Nc1ccc(C(=O)OCC)cc1. The summed E-state index contributed by atoms with van der Waals surface area (Å²) in [5, 5.41) is 3.33. The fourth-order valence-electron chi connectivity index (χ4n) is 3.31. The predicted molar refractivity (Wildman–Crippen MR) is 136 cm³/mol. The summed E-state index contributed by atoms with van der Waals surface area (Å²) in [4.78, 5) is 36.3. The average Bonchev–Trinajstić information content (AvgIpc) is 2.84. The molecule has 0 aromatic heterocycles. The van der Waals surface area contributed by atoms with Gasteiger partial charge < -0.3 is 14.8 Å². The number of hydrogen-bond donors (Lipinski definition) is 3. The standard InChI is InChI=1S/C27H37N3O5/c1-6-8-9-23(28-22-16-12-20(13-17-22)25(32)34-7-2)18-35-26(33)30-29-24(31)19-10-14-21(15-11-19)27(3,4)5/h10-17,23,28H,6-9,18H2,1-5H3,(H,29,31)(H,30,33)/t23-/m0/s1. The van der Waals surface area contributed by atoms with Gasteiger partial charge >= 0.3 is 12.1 Å². The van der Waals surface area contributed by atoms with Gasteiger partial charge in [-0.3, -0.25) is 10.2 Å². The Morgan fingerprint density at radius 3 is 2.06 bits per heavy atom. The van der Waals surface area contributed by atoms with Gasteiger partial charge in [0, 0.05) is 11.3 Å². The Labute approximate surface area is 207 Å². The Kier molecular flexibility index (Phi) is 10.6. The number of benzene rings is 2. The summed E-state index contributed by atoms with van der Waals surface area (Å²) in [5.74, 6) is -0.793. The van der Waals surface area contributed by atoms with Gasteiger partial charge in [-0.25, -0.2) is 15.0 Å². The highest BCUT2D eigenvalue weighted by Gasteiger charge is 2.16. The van der Waals surface area contributed by atoms with Crippen molar-refractivity contribution in [1.29, 1.82) is 0 Å². The van der Waals surface area contributed by atoms with E-state index in [0.29, 0.717) is 17.7 Å². The summed E-state index contributed by atoms with van der Waals surface area (Å²) in [6, 6.07) is 14.1. The normalized spacial score (nSPS) is 11.8. The highest BCUT2D eigenvalue weighted by Crippen LogP contribution is 2.22. The lowest BCUT2D eigenvalue weighted by atomic mass is 9.87. The molecule has 0 aliphatic rings. The molecule has 0 saturated heterocycles. The topological polar surface area (TPSA) is 106 Å². The molecule has 35 heavy (non-hydrogen) atoms. The van der Waals surface area contributed by atoms with Crippen LogP contribution in [0.4, 0.5) is 10.5 Å². The summed E-state index contributed by atoms with van der Waals surface area (Å²) < 4.78 is 10.3. The first-order valence-electron chi connectivity index (χ1n) is 12.0. The van der Waals surface area contributed by atoms with E-state index in [1.54, 1.807) is 43.3 Å². The van der Waals surface area contributed by atoms with E-state index in [0.717, 1.165) is 30.5 Å². The van der Waals surface area contributed by atoms with Gasteiger partial charge in [-0.2, -0.15) is 0 Å². The Balaban J connectivity index is 1.85. The molecule has 0 unspecified atom stereocenters. The highest BCUT2D eigenvalue weighted by molar-refractivity contribution is 5.95. The maximum atomic E-state index is 12.3. The Morgan fingerprint density at radius 2 is 1.49 bits per heavy atom. The van der Waals surface area contributed by atoms with Crippen molar-refractivity contribution in [2.75, 3.05) is 18.5 Å². The largest absolute Gasteiger partial charge is 0.462 e. The molecule has 8 nitrogen and oxygen atoms in total. The van der Waals surface area contributed by atoms with E-state index in [9.17, 15) is 14.4 Å². The summed E-state index contributed by atoms with van der Waals surface area (Å²) >= 11 is 0. The summed E-state index contributed by atoms with van der Waals surface area (Å²) in [6.45, 7) is 10.6. The summed E-state index contributed by atoms with van der Waals surface area (Å²) in [5.41, 5.74) is 7.48.